The summed E-state index contributed by atoms with van der Waals surface area (Å²) < 4.78 is 0. The van der Waals surface area contributed by atoms with Crippen LogP contribution in [0.15, 0.2) is 12.3 Å². The zero-order chi connectivity index (χ0) is 13.9. The lowest BCUT2D eigenvalue weighted by Gasteiger charge is -2.22. The van der Waals surface area contributed by atoms with E-state index >= 15 is 0 Å². The van der Waals surface area contributed by atoms with Gasteiger partial charge in [0.25, 0.3) is 0 Å². The molecule has 0 aliphatic carbocycles. The zero-order valence-electron chi connectivity index (χ0n) is 11.7. The van der Waals surface area contributed by atoms with E-state index in [2.05, 4.69) is 25.8 Å². The number of anilines is 1. The van der Waals surface area contributed by atoms with Gasteiger partial charge in [0, 0.05) is 18.7 Å². The molecule has 0 spiro atoms. The Morgan fingerprint density at radius 3 is 2.56 bits per heavy atom. The first-order chi connectivity index (χ1) is 8.20. The van der Waals surface area contributed by atoms with Gasteiger partial charge in [-0.1, -0.05) is 20.8 Å². The minimum atomic E-state index is -0.142. The number of hydrogen-bond donors (Lipinski definition) is 2. The van der Waals surface area contributed by atoms with Crippen molar-refractivity contribution >= 4 is 11.6 Å². The number of carbonyl (C=O) groups is 1. The predicted molar refractivity (Wildman–Crippen MR) is 74.4 cm³/mol. The Hall–Kier alpha value is -1.42. The Labute approximate surface area is 109 Å². The van der Waals surface area contributed by atoms with Gasteiger partial charge in [-0.05, 0) is 30.4 Å². The quantitative estimate of drug-likeness (QED) is 0.802. The number of pyridine rings is 1. The van der Waals surface area contributed by atoms with Crippen LogP contribution in [0.25, 0.3) is 0 Å². The lowest BCUT2D eigenvalue weighted by Crippen LogP contribution is -2.29. The van der Waals surface area contributed by atoms with Crippen LogP contribution < -0.4 is 11.5 Å². The standard InChI is InChI=1S/C14H23N3O/c1-9-5-6-17-13(16)12(9)11(18)7-10(15)8-14(2,3)4/h5-6,10H,7-8,15H2,1-4H3,(H2,16,17). The van der Waals surface area contributed by atoms with Gasteiger partial charge in [0.2, 0.25) is 0 Å². The predicted octanol–water partition coefficient (Wildman–Crippen LogP) is 2.31. The van der Waals surface area contributed by atoms with Crippen molar-refractivity contribution in [2.75, 3.05) is 5.73 Å². The molecule has 0 aliphatic heterocycles. The summed E-state index contributed by atoms with van der Waals surface area (Å²) in [6, 6.07) is 1.65. The molecular formula is C14H23N3O. The van der Waals surface area contributed by atoms with Gasteiger partial charge in [-0.25, -0.2) is 4.98 Å². The van der Waals surface area contributed by atoms with Crippen molar-refractivity contribution in [1.29, 1.82) is 0 Å². The maximum Gasteiger partial charge on any atom is 0.168 e. The van der Waals surface area contributed by atoms with Gasteiger partial charge in [-0.2, -0.15) is 0 Å². The molecule has 4 N–H and O–H groups in total. The minimum absolute atomic E-state index is 0.0187. The number of ketones is 1. The fourth-order valence-corrected chi connectivity index (χ4v) is 2.14. The van der Waals surface area contributed by atoms with Crippen LogP contribution in [0.4, 0.5) is 5.82 Å². The Morgan fingerprint density at radius 1 is 1.44 bits per heavy atom. The maximum absolute atomic E-state index is 12.2. The molecule has 1 atom stereocenters. The molecule has 0 saturated heterocycles. The largest absolute Gasteiger partial charge is 0.383 e. The van der Waals surface area contributed by atoms with Gasteiger partial charge < -0.3 is 11.5 Å². The molecule has 4 nitrogen and oxygen atoms in total. The normalized spacial score (nSPS) is 13.4. The summed E-state index contributed by atoms with van der Waals surface area (Å²) in [6.45, 7) is 8.20. The number of nitrogens with two attached hydrogens (primary N) is 2. The van der Waals surface area contributed by atoms with Gasteiger partial charge >= 0.3 is 0 Å². The number of hydrogen-bond acceptors (Lipinski definition) is 4. The molecule has 0 aromatic carbocycles. The first-order valence-corrected chi connectivity index (χ1v) is 6.20. The molecule has 18 heavy (non-hydrogen) atoms. The molecule has 0 saturated carbocycles. The Balaban J connectivity index is 2.77. The molecule has 1 rings (SSSR count). The molecule has 0 fully saturated rings. The number of nitrogen functional groups attached to an aromatic ring is 1. The van der Waals surface area contributed by atoms with E-state index in [1.807, 2.05) is 6.92 Å². The number of rotatable bonds is 4. The third kappa shape index (κ3) is 4.11. The average molecular weight is 249 g/mol. The van der Waals surface area contributed by atoms with E-state index in [1.165, 1.54) is 0 Å². The number of Topliss-reactive ketones (excluding diaryl/α,β-unsaturated/α-hetero) is 1. The second-order valence-electron chi connectivity index (χ2n) is 6.04. The van der Waals surface area contributed by atoms with E-state index in [0.717, 1.165) is 12.0 Å². The molecule has 0 aliphatic rings. The zero-order valence-corrected chi connectivity index (χ0v) is 11.7. The van der Waals surface area contributed by atoms with Crippen LogP contribution in [0.5, 0.6) is 0 Å². The van der Waals surface area contributed by atoms with E-state index in [0.29, 0.717) is 17.8 Å². The van der Waals surface area contributed by atoms with Crippen LogP contribution in [0.2, 0.25) is 0 Å². The van der Waals surface area contributed by atoms with Crippen molar-refractivity contribution in [3.8, 4) is 0 Å². The van der Waals surface area contributed by atoms with Gasteiger partial charge in [-0.15, -0.1) is 0 Å². The monoisotopic (exact) mass is 249 g/mol. The average Bonchev–Trinajstić information content (AvgIpc) is 2.13. The van der Waals surface area contributed by atoms with Crippen LogP contribution in [-0.4, -0.2) is 16.8 Å². The summed E-state index contributed by atoms with van der Waals surface area (Å²) >= 11 is 0. The fraction of sp³-hybridized carbons (Fsp3) is 0.571. The molecular weight excluding hydrogens is 226 g/mol. The Bertz CT molecular complexity index is 415. The van der Waals surface area contributed by atoms with E-state index in [9.17, 15) is 4.79 Å². The summed E-state index contributed by atoms with van der Waals surface area (Å²) in [5.41, 5.74) is 13.3. The van der Waals surface area contributed by atoms with Gasteiger partial charge in [-0.3, -0.25) is 4.79 Å². The van der Waals surface area contributed by atoms with E-state index in [-0.39, 0.29) is 17.2 Å². The van der Waals surface area contributed by atoms with Crippen LogP contribution in [0.1, 0.15) is 49.5 Å². The number of carbonyl (C=O) groups excluding carboxylic acids is 1. The minimum Gasteiger partial charge on any atom is -0.383 e. The Morgan fingerprint density at radius 2 is 2.06 bits per heavy atom. The molecule has 100 valence electrons. The van der Waals surface area contributed by atoms with Crippen LogP contribution in [0.3, 0.4) is 0 Å². The van der Waals surface area contributed by atoms with Crippen molar-refractivity contribution < 1.29 is 4.79 Å². The molecule has 0 amide bonds. The van der Waals surface area contributed by atoms with Crippen molar-refractivity contribution in [3.05, 3.63) is 23.4 Å². The first kappa shape index (κ1) is 14.6. The highest BCUT2D eigenvalue weighted by molar-refractivity contribution is 6.01. The molecule has 1 unspecified atom stereocenters. The van der Waals surface area contributed by atoms with Crippen LogP contribution in [0, 0.1) is 12.3 Å². The summed E-state index contributed by atoms with van der Waals surface area (Å²) in [6.07, 6.45) is 2.72. The van der Waals surface area contributed by atoms with Crippen molar-refractivity contribution in [1.82, 2.24) is 4.98 Å². The fourth-order valence-electron chi connectivity index (χ4n) is 2.14. The highest BCUT2D eigenvalue weighted by atomic mass is 16.1. The topological polar surface area (TPSA) is 82.0 Å². The smallest absolute Gasteiger partial charge is 0.168 e. The number of nitrogens with zero attached hydrogens (tertiary/aromatic N) is 1. The second-order valence-corrected chi connectivity index (χ2v) is 6.04. The first-order valence-electron chi connectivity index (χ1n) is 6.20. The Kier molecular flexibility index (Phi) is 4.46. The maximum atomic E-state index is 12.2. The molecule has 0 radical (unpaired) electrons. The highest BCUT2D eigenvalue weighted by Crippen LogP contribution is 2.23. The van der Waals surface area contributed by atoms with E-state index in [1.54, 1.807) is 12.3 Å². The highest BCUT2D eigenvalue weighted by Gasteiger charge is 2.21. The third-order valence-electron chi connectivity index (χ3n) is 2.79. The summed E-state index contributed by atoms with van der Waals surface area (Å²) in [4.78, 5) is 16.1. The summed E-state index contributed by atoms with van der Waals surface area (Å²) in [5, 5.41) is 0. The molecule has 1 heterocycles. The van der Waals surface area contributed by atoms with Gasteiger partial charge in [0.15, 0.2) is 5.78 Å². The van der Waals surface area contributed by atoms with E-state index < -0.39 is 0 Å². The lowest BCUT2D eigenvalue weighted by molar-refractivity contribution is 0.0968. The van der Waals surface area contributed by atoms with Gasteiger partial charge in [0.1, 0.15) is 5.82 Å². The third-order valence-corrected chi connectivity index (χ3v) is 2.79. The number of aromatic nitrogens is 1. The van der Waals surface area contributed by atoms with E-state index in [4.69, 9.17) is 11.5 Å². The van der Waals surface area contributed by atoms with Gasteiger partial charge in [0.05, 0.1) is 5.56 Å². The molecule has 1 aromatic heterocycles. The van der Waals surface area contributed by atoms with Crippen LogP contribution >= 0.6 is 0 Å². The van der Waals surface area contributed by atoms with Crippen molar-refractivity contribution in [2.24, 2.45) is 11.1 Å². The van der Waals surface area contributed by atoms with Crippen molar-refractivity contribution in [2.45, 2.75) is 46.6 Å². The second kappa shape index (κ2) is 5.48. The summed E-state index contributed by atoms with van der Waals surface area (Å²) in [7, 11) is 0. The molecule has 4 heteroatoms. The number of aryl methyl sites for hydroxylation is 1. The van der Waals surface area contributed by atoms with Crippen LogP contribution in [-0.2, 0) is 0 Å². The van der Waals surface area contributed by atoms with Crippen molar-refractivity contribution in [3.63, 3.8) is 0 Å². The lowest BCUT2D eigenvalue weighted by atomic mass is 9.86. The summed E-state index contributed by atoms with van der Waals surface area (Å²) in [5.74, 6) is 0.276. The molecule has 1 aromatic rings. The molecule has 0 bridgehead atoms. The SMILES string of the molecule is Cc1ccnc(N)c1C(=O)CC(N)CC(C)(C)C.